The van der Waals surface area contributed by atoms with E-state index in [1.807, 2.05) is 17.5 Å². The predicted molar refractivity (Wildman–Crippen MR) is 85.7 cm³/mol. The van der Waals surface area contributed by atoms with Gasteiger partial charge in [-0.15, -0.1) is 11.3 Å². The Balaban J connectivity index is 1.81. The van der Waals surface area contributed by atoms with Crippen LogP contribution in [0.1, 0.15) is 33.9 Å². The highest BCUT2D eigenvalue weighted by molar-refractivity contribution is 7.11. The Bertz CT molecular complexity index is 604. The zero-order valence-corrected chi connectivity index (χ0v) is 13.8. The van der Waals surface area contributed by atoms with E-state index in [-0.39, 0.29) is 0 Å². The number of hydrogen-bond acceptors (Lipinski definition) is 4. The third-order valence-electron chi connectivity index (χ3n) is 4.12. The first kappa shape index (κ1) is 14.8. The minimum Gasteiger partial charge on any atom is -0.384 e. The molecule has 0 fully saturated rings. The lowest BCUT2D eigenvalue weighted by atomic mass is 9.95. The van der Waals surface area contributed by atoms with Gasteiger partial charge in [0.25, 0.3) is 0 Å². The predicted octanol–water partition coefficient (Wildman–Crippen LogP) is 3.02. The van der Waals surface area contributed by atoms with E-state index in [0.717, 1.165) is 32.8 Å². The third-order valence-corrected chi connectivity index (χ3v) is 5.10. The molecular weight excluding hydrogens is 282 g/mol. The Kier molecular flexibility index (Phi) is 4.42. The van der Waals surface area contributed by atoms with Gasteiger partial charge in [0.2, 0.25) is 0 Å². The summed E-state index contributed by atoms with van der Waals surface area (Å²) in [4.78, 5) is 5.34. The van der Waals surface area contributed by atoms with E-state index in [4.69, 9.17) is 4.74 Å². The Labute approximate surface area is 130 Å². The van der Waals surface area contributed by atoms with E-state index in [9.17, 15) is 0 Å². The van der Waals surface area contributed by atoms with E-state index in [0.29, 0.717) is 5.92 Å². The SMILES string of the molecule is CCn1ncc2c1CN(Cc1ccc(C)s1)C[C@@H]2COC. The van der Waals surface area contributed by atoms with Gasteiger partial charge in [-0.05, 0) is 26.0 Å². The van der Waals surface area contributed by atoms with Gasteiger partial charge < -0.3 is 4.74 Å². The Morgan fingerprint density at radius 3 is 2.95 bits per heavy atom. The lowest BCUT2D eigenvalue weighted by Crippen LogP contribution is -2.35. The number of nitrogens with zero attached hydrogens (tertiary/aromatic N) is 3. The van der Waals surface area contributed by atoms with Crippen LogP contribution >= 0.6 is 11.3 Å². The normalized spacial score (nSPS) is 18.9. The summed E-state index contributed by atoms with van der Waals surface area (Å²) in [7, 11) is 1.78. The van der Waals surface area contributed by atoms with Crippen LogP contribution in [-0.2, 0) is 24.4 Å². The molecule has 1 aliphatic heterocycles. The Morgan fingerprint density at radius 1 is 1.43 bits per heavy atom. The highest BCUT2D eigenvalue weighted by Crippen LogP contribution is 2.30. The standard InChI is InChI=1S/C16H23N3OS/c1-4-19-16-10-18(9-14-6-5-12(2)21-14)8-13(11-20-3)15(16)7-17-19/h5-7,13H,4,8-11H2,1-3H3/t13-/m1/s1. The molecule has 0 saturated carbocycles. The monoisotopic (exact) mass is 305 g/mol. The zero-order chi connectivity index (χ0) is 14.8. The number of hydrogen-bond donors (Lipinski definition) is 0. The fraction of sp³-hybridized carbons (Fsp3) is 0.562. The number of ether oxygens (including phenoxy) is 1. The van der Waals surface area contributed by atoms with Gasteiger partial charge in [-0.3, -0.25) is 9.58 Å². The van der Waals surface area contributed by atoms with Crippen LogP contribution in [0.3, 0.4) is 0 Å². The molecule has 1 atom stereocenters. The van der Waals surface area contributed by atoms with E-state index in [1.54, 1.807) is 7.11 Å². The summed E-state index contributed by atoms with van der Waals surface area (Å²) in [6, 6.07) is 4.45. The fourth-order valence-corrected chi connectivity index (χ4v) is 4.09. The zero-order valence-electron chi connectivity index (χ0n) is 13.0. The molecule has 4 nitrogen and oxygen atoms in total. The van der Waals surface area contributed by atoms with E-state index >= 15 is 0 Å². The van der Waals surface area contributed by atoms with Crippen molar-refractivity contribution in [1.29, 1.82) is 0 Å². The largest absolute Gasteiger partial charge is 0.384 e. The molecule has 0 saturated heterocycles. The van der Waals surface area contributed by atoms with Crippen LogP contribution in [0.25, 0.3) is 0 Å². The van der Waals surface area contributed by atoms with Gasteiger partial charge in [0.1, 0.15) is 0 Å². The summed E-state index contributed by atoms with van der Waals surface area (Å²) in [5, 5.41) is 4.53. The van der Waals surface area contributed by atoms with Gasteiger partial charge in [-0.25, -0.2) is 0 Å². The molecule has 21 heavy (non-hydrogen) atoms. The van der Waals surface area contributed by atoms with Gasteiger partial charge in [0, 0.05) is 54.5 Å². The lowest BCUT2D eigenvalue weighted by molar-refractivity contribution is 0.134. The average Bonchev–Trinajstić information content (AvgIpc) is 3.05. The van der Waals surface area contributed by atoms with Gasteiger partial charge in [0.05, 0.1) is 18.5 Å². The third kappa shape index (κ3) is 3.05. The number of aromatic nitrogens is 2. The van der Waals surface area contributed by atoms with Crippen molar-refractivity contribution in [3.8, 4) is 0 Å². The van der Waals surface area contributed by atoms with Crippen LogP contribution in [0.5, 0.6) is 0 Å². The van der Waals surface area contributed by atoms with Crippen molar-refractivity contribution in [1.82, 2.24) is 14.7 Å². The average molecular weight is 305 g/mol. The highest BCUT2D eigenvalue weighted by atomic mass is 32.1. The quantitative estimate of drug-likeness (QED) is 0.850. The first-order valence-corrected chi connectivity index (χ1v) is 8.34. The number of aryl methyl sites for hydroxylation is 2. The van der Waals surface area contributed by atoms with Crippen LogP contribution in [0, 0.1) is 6.92 Å². The maximum absolute atomic E-state index is 5.42. The molecule has 0 aliphatic carbocycles. The highest BCUT2D eigenvalue weighted by Gasteiger charge is 2.28. The van der Waals surface area contributed by atoms with Crippen molar-refractivity contribution < 1.29 is 4.74 Å². The van der Waals surface area contributed by atoms with Gasteiger partial charge >= 0.3 is 0 Å². The first-order valence-electron chi connectivity index (χ1n) is 7.52. The molecule has 3 heterocycles. The van der Waals surface area contributed by atoms with Gasteiger partial charge in [-0.2, -0.15) is 5.10 Å². The molecule has 0 bridgehead atoms. The molecule has 0 unspecified atom stereocenters. The summed E-state index contributed by atoms with van der Waals surface area (Å²) >= 11 is 1.89. The lowest BCUT2D eigenvalue weighted by Gasteiger charge is -2.32. The summed E-state index contributed by atoms with van der Waals surface area (Å²) in [6.07, 6.45) is 2.04. The molecular formula is C16H23N3OS. The van der Waals surface area contributed by atoms with Crippen LogP contribution in [0.2, 0.25) is 0 Å². The van der Waals surface area contributed by atoms with Crippen molar-refractivity contribution >= 4 is 11.3 Å². The van der Waals surface area contributed by atoms with Crippen molar-refractivity contribution in [2.75, 3.05) is 20.3 Å². The summed E-state index contributed by atoms with van der Waals surface area (Å²) < 4.78 is 7.55. The van der Waals surface area contributed by atoms with Crippen molar-refractivity contribution in [3.05, 3.63) is 39.3 Å². The maximum atomic E-state index is 5.42. The van der Waals surface area contributed by atoms with Crippen molar-refractivity contribution in [2.24, 2.45) is 0 Å². The molecule has 1 aliphatic rings. The second-order valence-electron chi connectivity index (χ2n) is 5.70. The van der Waals surface area contributed by atoms with Crippen LogP contribution in [-0.4, -0.2) is 34.9 Å². The summed E-state index contributed by atoms with van der Waals surface area (Å²) in [5.41, 5.74) is 2.73. The fourth-order valence-electron chi connectivity index (χ4n) is 3.15. The smallest absolute Gasteiger partial charge is 0.0560 e. The number of thiophene rings is 1. The van der Waals surface area contributed by atoms with Crippen LogP contribution < -0.4 is 0 Å². The molecule has 5 heteroatoms. The van der Waals surface area contributed by atoms with E-state index in [1.165, 1.54) is 21.0 Å². The number of fused-ring (bicyclic) bond motifs is 1. The minimum absolute atomic E-state index is 0.431. The number of rotatable bonds is 5. The molecule has 0 spiro atoms. The molecule has 0 N–H and O–H groups in total. The van der Waals surface area contributed by atoms with Gasteiger partial charge in [-0.1, -0.05) is 0 Å². The molecule has 0 aromatic carbocycles. The summed E-state index contributed by atoms with van der Waals surface area (Å²) in [6.45, 7) is 9.08. The van der Waals surface area contributed by atoms with Gasteiger partial charge in [0.15, 0.2) is 0 Å². The molecule has 2 aromatic rings. The molecule has 2 aromatic heterocycles. The molecule has 3 rings (SSSR count). The topological polar surface area (TPSA) is 30.3 Å². The first-order chi connectivity index (χ1) is 10.2. The molecule has 114 valence electrons. The molecule has 0 radical (unpaired) electrons. The summed E-state index contributed by atoms with van der Waals surface area (Å²) in [5.74, 6) is 0.431. The molecule has 0 amide bonds. The van der Waals surface area contributed by atoms with Crippen LogP contribution in [0.15, 0.2) is 18.3 Å². The Hall–Kier alpha value is -1.17. The van der Waals surface area contributed by atoms with Crippen molar-refractivity contribution in [2.45, 2.75) is 39.4 Å². The van der Waals surface area contributed by atoms with Crippen molar-refractivity contribution in [3.63, 3.8) is 0 Å². The van der Waals surface area contributed by atoms with E-state index in [2.05, 4.69) is 40.7 Å². The second kappa shape index (κ2) is 6.30. The number of methoxy groups -OCH3 is 1. The minimum atomic E-state index is 0.431. The van der Waals surface area contributed by atoms with Crippen LogP contribution in [0.4, 0.5) is 0 Å². The Morgan fingerprint density at radius 2 is 2.29 bits per heavy atom. The second-order valence-corrected chi connectivity index (χ2v) is 7.07. The van der Waals surface area contributed by atoms with E-state index < -0.39 is 0 Å². The maximum Gasteiger partial charge on any atom is 0.0560 e.